The zero-order chi connectivity index (χ0) is 14.6. The maximum atomic E-state index is 11.5. The van der Waals surface area contributed by atoms with Crippen molar-refractivity contribution in [2.75, 3.05) is 13.2 Å². The second-order valence-corrected chi connectivity index (χ2v) is 4.73. The van der Waals surface area contributed by atoms with E-state index in [1.54, 1.807) is 6.92 Å². The van der Waals surface area contributed by atoms with Gasteiger partial charge in [-0.1, -0.05) is 0 Å². The first-order valence-electron chi connectivity index (χ1n) is 6.07. The van der Waals surface area contributed by atoms with Crippen molar-refractivity contribution in [3.8, 4) is 0 Å². The highest BCUT2D eigenvalue weighted by Crippen LogP contribution is 2.20. The highest BCUT2D eigenvalue weighted by Gasteiger charge is 2.35. The maximum Gasteiger partial charge on any atom is 0.412 e. The number of hydrogen-bond donors (Lipinski definition) is 4. The van der Waals surface area contributed by atoms with E-state index in [0.717, 1.165) is 0 Å². The van der Waals surface area contributed by atoms with Crippen LogP contribution in [-0.2, 0) is 9.53 Å². The van der Waals surface area contributed by atoms with E-state index in [-0.39, 0.29) is 18.3 Å². The molecule has 0 bridgehead atoms. The molecule has 1 fully saturated rings. The summed E-state index contributed by atoms with van der Waals surface area (Å²) in [6.07, 6.45) is -0.656. The Balaban J connectivity index is 3.00. The number of amides is 2. The minimum atomic E-state index is -0.656. The Morgan fingerprint density at radius 2 is 2.05 bits per heavy atom. The third-order valence-electron chi connectivity index (χ3n) is 2.74. The lowest BCUT2D eigenvalue weighted by molar-refractivity contribution is -0.118. The van der Waals surface area contributed by atoms with Gasteiger partial charge >= 0.3 is 6.09 Å². The van der Waals surface area contributed by atoms with Crippen LogP contribution in [0.2, 0.25) is 0 Å². The van der Waals surface area contributed by atoms with Crippen LogP contribution >= 0.6 is 0 Å². The van der Waals surface area contributed by atoms with Gasteiger partial charge in [0, 0.05) is 19.0 Å². The summed E-state index contributed by atoms with van der Waals surface area (Å²) in [6, 6.07) is 0. The lowest BCUT2D eigenvalue weighted by Gasteiger charge is -2.18. The second kappa shape index (κ2) is 5.83. The number of carbonyl (C=O) groups is 2. The number of alkyl carbamates (subject to hydrolysis) is 1. The van der Waals surface area contributed by atoms with Crippen molar-refractivity contribution >= 4 is 17.7 Å². The number of ether oxygens (including phenoxy) is 1. The average molecular weight is 268 g/mol. The lowest BCUT2D eigenvalue weighted by Crippen LogP contribution is -2.39. The molecule has 0 saturated carbocycles. The third kappa shape index (κ3) is 3.78. The van der Waals surface area contributed by atoms with Crippen LogP contribution in [0.5, 0.6) is 0 Å². The summed E-state index contributed by atoms with van der Waals surface area (Å²) in [6.45, 7) is 7.37. The summed E-state index contributed by atoms with van der Waals surface area (Å²) in [5.41, 5.74) is 0.386. The highest BCUT2D eigenvalue weighted by atomic mass is 16.5. The standard InChI is InChI=1S/C12H20N4O3/c1-5-19-11(18)16-10(15-7(2)17)8-6-14-12(3,4)9(8)13/h13-14H,5-6H2,1-4H3,(H,15,17)(H,16,18)/b10-8-,13-9?. The summed E-state index contributed by atoms with van der Waals surface area (Å²) in [4.78, 5) is 22.6. The fourth-order valence-corrected chi connectivity index (χ4v) is 1.70. The van der Waals surface area contributed by atoms with Gasteiger partial charge < -0.3 is 20.8 Å². The molecule has 0 aromatic carbocycles. The number of hydrogen-bond acceptors (Lipinski definition) is 5. The van der Waals surface area contributed by atoms with Gasteiger partial charge in [0.05, 0.1) is 17.9 Å². The first kappa shape index (κ1) is 15.2. The van der Waals surface area contributed by atoms with E-state index < -0.39 is 11.6 Å². The van der Waals surface area contributed by atoms with Crippen LogP contribution in [-0.4, -0.2) is 36.4 Å². The van der Waals surface area contributed by atoms with Crippen LogP contribution in [0.25, 0.3) is 0 Å². The van der Waals surface area contributed by atoms with Gasteiger partial charge in [-0.3, -0.25) is 10.1 Å². The molecule has 0 aromatic heterocycles. The van der Waals surface area contributed by atoms with Gasteiger partial charge in [0.2, 0.25) is 5.91 Å². The van der Waals surface area contributed by atoms with Crippen molar-refractivity contribution in [1.29, 1.82) is 5.41 Å². The van der Waals surface area contributed by atoms with Crippen LogP contribution in [0.3, 0.4) is 0 Å². The molecular formula is C12H20N4O3. The van der Waals surface area contributed by atoms with E-state index in [0.29, 0.717) is 17.8 Å². The molecule has 4 N–H and O–H groups in total. The molecule has 1 aliphatic rings. The predicted molar refractivity (Wildman–Crippen MR) is 70.8 cm³/mol. The minimum Gasteiger partial charge on any atom is -0.450 e. The number of nitrogens with one attached hydrogen (secondary N) is 4. The van der Waals surface area contributed by atoms with Gasteiger partial charge in [-0.05, 0) is 20.8 Å². The van der Waals surface area contributed by atoms with Gasteiger partial charge in [-0.25, -0.2) is 4.79 Å². The Bertz CT molecular complexity index is 440. The zero-order valence-electron chi connectivity index (χ0n) is 11.6. The Morgan fingerprint density at radius 1 is 1.42 bits per heavy atom. The predicted octanol–water partition coefficient (Wildman–Crippen LogP) is 0.482. The summed E-state index contributed by atoms with van der Waals surface area (Å²) in [7, 11) is 0. The van der Waals surface area contributed by atoms with Gasteiger partial charge in [-0.2, -0.15) is 0 Å². The first-order valence-corrected chi connectivity index (χ1v) is 6.07. The number of carbonyl (C=O) groups excluding carboxylic acids is 2. The smallest absolute Gasteiger partial charge is 0.412 e. The van der Waals surface area contributed by atoms with Crippen molar-refractivity contribution in [3.63, 3.8) is 0 Å². The zero-order valence-corrected chi connectivity index (χ0v) is 11.6. The molecule has 106 valence electrons. The van der Waals surface area contributed by atoms with Gasteiger partial charge in [-0.15, -0.1) is 0 Å². The average Bonchev–Trinajstić information content (AvgIpc) is 2.53. The van der Waals surface area contributed by atoms with Crippen molar-refractivity contribution in [2.24, 2.45) is 0 Å². The molecule has 2 amide bonds. The second-order valence-electron chi connectivity index (χ2n) is 4.73. The molecule has 0 aliphatic carbocycles. The summed E-state index contributed by atoms with van der Waals surface area (Å²) in [5.74, 6) is -0.120. The van der Waals surface area contributed by atoms with E-state index in [9.17, 15) is 9.59 Å². The normalized spacial score (nSPS) is 19.9. The molecule has 0 radical (unpaired) electrons. The topological polar surface area (TPSA) is 103 Å². The molecule has 1 saturated heterocycles. The van der Waals surface area contributed by atoms with Crippen LogP contribution in [0, 0.1) is 5.41 Å². The molecular weight excluding hydrogens is 248 g/mol. The van der Waals surface area contributed by atoms with E-state index in [1.807, 2.05) is 13.8 Å². The number of rotatable bonds is 3. The van der Waals surface area contributed by atoms with Crippen molar-refractivity contribution in [2.45, 2.75) is 33.2 Å². The molecule has 7 heteroatoms. The van der Waals surface area contributed by atoms with Crippen LogP contribution in [0.15, 0.2) is 11.4 Å². The van der Waals surface area contributed by atoms with E-state index in [1.165, 1.54) is 6.92 Å². The molecule has 7 nitrogen and oxygen atoms in total. The molecule has 1 aliphatic heterocycles. The molecule has 0 spiro atoms. The SMILES string of the molecule is CCOC(=O)N/C(NC(C)=O)=C1/CNC(C)(C)C1=N. The monoisotopic (exact) mass is 268 g/mol. The van der Waals surface area contributed by atoms with Crippen molar-refractivity contribution < 1.29 is 14.3 Å². The van der Waals surface area contributed by atoms with Gasteiger partial charge in [0.1, 0.15) is 5.82 Å². The Kier molecular flexibility index (Phi) is 4.66. The first-order chi connectivity index (χ1) is 8.77. The lowest BCUT2D eigenvalue weighted by atomic mass is 9.98. The molecule has 19 heavy (non-hydrogen) atoms. The summed E-state index contributed by atoms with van der Waals surface area (Å²) < 4.78 is 4.77. The Hall–Kier alpha value is -1.89. The third-order valence-corrected chi connectivity index (χ3v) is 2.74. The molecule has 0 unspecified atom stereocenters. The summed E-state index contributed by atoms with van der Waals surface area (Å²) >= 11 is 0. The fraction of sp³-hybridized carbons (Fsp3) is 0.583. The van der Waals surface area contributed by atoms with Crippen LogP contribution in [0.4, 0.5) is 4.79 Å². The molecule has 1 heterocycles. The van der Waals surface area contributed by atoms with Gasteiger partial charge in [0.25, 0.3) is 0 Å². The quantitative estimate of drug-likeness (QED) is 0.597. The largest absolute Gasteiger partial charge is 0.450 e. The fourth-order valence-electron chi connectivity index (χ4n) is 1.70. The van der Waals surface area contributed by atoms with Crippen LogP contribution in [0.1, 0.15) is 27.7 Å². The molecule has 0 atom stereocenters. The van der Waals surface area contributed by atoms with E-state index in [4.69, 9.17) is 10.1 Å². The molecule has 1 rings (SSSR count). The maximum absolute atomic E-state index is 11.5. The van der Waals surface area contributed by atoms with Crippen molar-refractivity contribution in [1.82, 2.24) is 16.0 Å². The highest BCUT2D eigenvalue weighted by molar-refractivity contribution is 6.08. The molecule has 0 aromatic rings. The Morgan fingerprint density at radius 3 is 2.47 bits per heavy atom. The van der Waals surface area contributed by atoms with Gasteiger partial charge in [0.15, 0.2) is 0 Å². The van der Waals surface area contributed by atoms with Crippen LogP contribution < -0.4 is 16.0 Å². The minimum absolute atomic E-state index is 0.203. The summed E-state index contributed by atoms with van der Waals surface area (Å²) in [5, 5.41) is 16.2. The van der Waals surface area contributed by atoms with Crippen molar-refractivity contribution in [3.05, 3.63) is 11.4 Å². The Labute approximate surface area is 112 Å². The van der Waals surface area contributed by atoms with E-state index >= 15 is 0 Å². The van der Waals surface area contributed by atoms with E-state index in [2.05, 4.69) is 16.0 Å².